The third-order valence-corrected chi connectivity index (χ3v) is 3.13. The van der Waals surface area contributed by atoms with E-state index in [-0.39, 0.29) is 0 Å². The number of H-pyrrole nitrogens is 1. The molecule has 15 heavy (non-hydrogen) atoms. The van der Waals surface area contributed by atoms with Crippen LogP contribution in [-0.2, 0) is 6.42 Å². The van der Waals surface area contributed by atoms with Gasteiger partial charge in [0.25, 0.3) is 0 Å². The van der Waals surface area contributed by atoms with Crippen molar-refractivity contribution in [3.8, 4) is 0 Å². The average Bonchev–Trinajstić information content (AvgIpc) is 2.59. The minimum absolute atomic E-state index is 0.833. The molecule has 0 radical (unpaired) electrons. The first kappa shape index (κ1) is 10.5. The molecule has 0 bridgehead atoms. The van der Waals surface area contributed by atoms with E-state index in [1.165, 1.54) is 11.1 Å². The van der Waals surface area contributed by atoms with Gasteiger partial charge in [0, 0.05) is 29.1 Å². The summed E-state index contributed by atoms with van der Waals surface area (Å²) in [5.41, 5.74) is 3.44. The zero-order valence-corrected chi connectivity index (χ0v) is 9.86. The Morgan fingerprint density at radius 2 is 2.20 bits per heavy atom. The van der Waals surface area contributed by atoms with E-state index in [1.54, 1.807) is 0 Å². The third-order valence-electron chi connectivity index (χ3n) is 2.81. The molecule has 2 rings (SSSR count). The van der Waals surface area contributed by atoms with Crippen LogP contribution in [0.25, 0.3) is 5.03 Å². The van der Waals surface area contributed by atoms with E-state index in [4.69, 9.17) is 11.6 Å². The van der Waals surface area contributed by atoms with Gasteiger partial charge in [0.2, 0.25) is 0 Å². The van der Waals surface area contributed by atoms with E-state index in [2.05, 4.69) is 23.8 Å². The van der Waals surface area contributed by atoms with Crippen LogP contribution >= 0.6 is 11.6 Å². The van der Waals surface area contributed by atoms with Gasteiger partial charge < -0.3 is 4.98 Å². The van der Waals surface area contributed by atoms with Gasteiger partial charge in [0.1, 0.15) is 5.49 Å². The largest absolute Gasteiger partial charge is 0.346 e. The Bertz CT molecular complexity index is 508. The van der Waals surface area contributed by atoms with E-state index in [9.17, 15) is 0 Å². The maximum absolute atomic E-state index is 6.35. The highest BCUT2D eigenvalue weighted by atomic mass is 35.5. The molecule has 80 valence electrons. The summed E-state index contributed by atoms with van der Waals surface area (Å²) >= 11 is 6.35. The average molecular weight is 223 g/mol. The molecule has 0 fully saturated rings. The lowest BCUT2D eigenvalue weighted by Gasteiger charge is -2.00. The zero-order valence-electron chi connectivity index (χ0n) is 9.10. The Morgan fingerprint density at radius 1 is 1.40 bits per heavy atom. The summed E-state index contributed by atoms with van der Waals surface area (Å²) in [6.45, 7) is 4.26. The van der Waals surface area contributed by atoms with Gasteiger partial charge in [-0.15, -0.1) is 0 Å². The number of hydrogen-bond acceptors (Lipinski definition) is 1. The number of aryl methyl sites for hydroxylation is 1. The second-order valence-corrected chi connectivity index (χ2v) is 4.20. The number of allylic oxidation sites excluding steroid dienone is 1. The molecule has 1 aromatic heterocycles. The first-order valence-corrected chi connectivity index (χ1v) is 5.74. The van der Waals surface area contributed by atoms with Gasteiger partial charge >= 0.3 is 0 Å². The van der Waals surface area contributed by atoms with E-state index < -0.39 is 0 Å². The van der Waals surface area contributed by atoms with Crippen LogP contribution in [0.4, 0.5) is 0 Å². The molecule has 2 nitrogen and oxygen atoms in total. The van der Waals surface area contributed by atoms with Crippen molar-refractivity contribution < 1.29 is 0 Å². The van der Waals surface area contributed by atoms with Crippen molar-refractivity contribution in [3.05, 3.63) is 34.2 Å². The van der Waals surface area contributed by atoms with Gasteiger partial charge in [-0.2, -0.15) is 0 Å². The highest BCUT2D eigenvalue weighted by molar-refractivity contribution is 6.45. The summed E-state index contributed by atoms with van der Waals surface area (Å²) in [5.74, 6) is 0. The Balaban J connectivity index is 2.66. The van der Waals surface area contributed by atoms with Crippen molar-refractivity contribution >= 4 is 16.6 Å². The molecule has 0 aliphatic carbocycles. The fourth-order valence-electron chi connectivity index (χ4n) is 1.84. The standard InChI is InChI=1S/C12H15ClN2/c1-3-8-5-10(13)11-9(4-2)7-15-12(11)14-6-8/h6-7H,3-5H2,1-2H3,(H,14,15). The molecule has 1 aliphatic heterocycles. The van der Waals surface area contributed by atoms with Gasteiger partial charge in [-0.25, -0.2) is 4.99 Å². The molecule has 0 unspecified atom stereocenters. The van der Waals surface area contributed by atoms with Crippen LogP contribution in [0.5, 0.6) is 0 Å². The van der Waals surface area contributed by atoms with Crippen molar-refractivity contribution in [2.24, 2.45) is 4.99 Å². The van der Waals surface area contributed by atoms with E-state index in [0.29, 0.717) is 0 Å². The zero-order chi connectivity index (χ0) is 10.8. The molecule has 1 aliphatic rings. The lowest BCUT2D eigenvalue weighted by molar-refractivity contribution is 1.03. The van der Waals surface area contributed by atoms with Gasteiger partial charge in [-0.1, -0.05) is 25.4 Å². The molecular formula is C12H15ClN2. The predicted molar refractivity (Wildman–Crippen MR) is 63.2 cm³/mol. The first-order valence-electron chi connectivity index (χ1n) is 5.37. The molecule has 0 saturated carbocycles. The molecule has 0 amide bonds. The molecule has 3 heteroatoms. The Labute approximate surface area is 94.4 Å². The van der Waals surface area contributed by atoms with Crippen LogP contribution in [0.2, 0.25) is 0 Å². The van der Waals surface area contributed by atoms with Gasteiger partial charge in [0.05, 0.1) is 0 Å². The van der Waals surface area contributed by atoms with Crippen LogP contribution in [0.3, 0.4) is 0 Å². The van der Waals surface area contributed by atoms with Crippen LogP contribution in [-0.4, -0.2) is 4.98 Å². The number of nitrogens with one attached hydrogen (secondary N) is 1. The lowest BCUT2D eigenvalue weighted by Crippen LogP contribution is -2.26. The van der Waals surface area contributed by atoms with E-state index >= 15 is 0 Å². The minimum Gasteiger partial charge on any atom is -0.346 e. The van der Waals surface area contributed by atoms with Crippen molar-refractivity contribution in [1.82, 2.24) is 4.98 Å². The first-order chi connectivity index (χ1) is 7.26. The minimum atomic E-state index is 0.833. The summed E-state index contributed by atoms with van der Waals surface area (Å²) in [7, 11) is 0. The van der Waals surface area contributed by atoms with E-state index in [1.807, 2.05) is 12.4 Å². The Morgan fingerprint density at radius 3 is 2.87 bits per heavy atom. The van der Waals surface area contributed by atoms with Crippen LogP contribution in [0, 0.1) is 0 Å². The molecule has 0 atom stereocenters. The summed E-state index contributed by atoms with van der Waals surface area (Å²) in [5, 5.41) is 2.02. The van der Waals surface area contributed by atoms with Crippen molar-refractivity contribution in [2.75, 3.05) is 0 Å². The number of rotatable bonds is 2. The number of nitrogens with zero attached hydrogens (tertiary/aromatic N) is 1. The topological polar surface area (TPSA) is 28.1 Å². The summed E-state index contributed by atoms with van der Waals surface area (Å²) in [4.78, 5) is 7.61. The summed E-state index contributed by atoms with van der Waals surface area (Å²) < 4.78 is 0. The predicted octanol–water partition coefficient (Wildman–Crippen LogP) is 2.24. The quantitative estimate of drug-likeness (QED) is 0.795. The van der Waals surface area contributed by atoms with E-state index in [0.717, 1.165) is 35.0 Å². The maximum Gasteiger partial charge on any atom is 0.138 e. The smallest absolute Gasteiger partial charge is 0.138 e. The maximum atomic E-state index is 6.35. The molecule has 1 aromatic rings. The van der Waals surface area contributed by atoms with Crippen molar-refractivity contribution in [3.63, 3.8) is 0 Å². The Hall–Kier alpha value is -1.02. The fraction of sp³-hybridized carbons (Fsp3) is 0.417. The number of halogens is 1. The van der Waals surface area contributed by atoms with Gasteiger partial charge in [0.15, 0.2) is 0 Å². The Kier molecular flexibility index (Phi) is 2.96. The van der Waals surface area contributed by atoms with Crippen LogP contribution < -0.4 is 10.7 Å². The number of hydrogen-bond donors (Lipinski definition) is 1. The highest BCUT2D eigenvalue weighted by Gasteiger charge is 2.08. The molecule has 0 saturated heterocycles. The normalized spacial score (nSPS) is 15.4. The van der Waals surface area contributed by atoms with Crippen molar-refractivity contribution in [1.29, 1.82) is 0 Å². The summed E-state index contributed by atoms with van der Waals surface area (Å²) in [6, 6.07) is 0. The molecule has 2 heterocycles. The van der Waals surface area contributed by atoms with Crippen molar-refractivity contribution in [2.45, 2.75) is 33.1 Å². The molecule has 0 aromatic carbocycles. The molecule has 1 N–H and O–H groups in total. The number of aromatic nitrogens is 1. The molecular weight excluding hydrogens is 208 g/mol. The van der Waals surface area contributed by atoms with Gasteiger partial charge in [-0.05, 0) is 24.0 Å². The fourth-order valence-corrected chi connectivity index (χ4v) is 2.22. The third kappa shape index (κ3) is 1.86. The number of fused-ring (bicyclic) bond motifs is 1. The van der Waals surface area contributed by atoms with Crippen LogP contribution in [0.1, 0.15) is 32.3 Å². The SMILES string of the molecule is CCC1=CN=c2[nH]cc(CC)c2=C(Cl)C1. The number of aromatic amines is 1. The monoisotopic (exact) mass is 222 g/mol. The highest BCUT2D eigenvalue weighted by Crippen LogP contribution is 2.18. The van der Waals surface area contributed by atoms with Crippen LogP contribution in [0.15, 0.2) is 23.0 Å². The van der Waals surface area contributed by atoms with Gasteiger partial charge in [-0.3, -0.25) is 0 Å². The summed E-state index contributed by atoms with van der Waals surface area (Å²) in [6.07, 6.45) is 6.76. The molecule has 0 spiro atoms. The second-order valence-electron chi connectivity index (χ2n) is 3.74. The lowest BCUT2D eigenvalue weighted by atomic mass is 10.1. The second kappa shape index (κ2) is 4.23.